The molecule has 0 radical (unpaired) electrons. The molecule has 0 aromatic heterocycles. The van der Waals surface area contributed by atoms with Gasteiger partial charge in [0.05, 0.1) is 0 Å². The molecule has 0 aromatic rings. The summed E-state index contributed by atoms with van der Waals surface area (Å²) in [6.07, 6.45) is 6.26. The summed E-state index contributed by atoms with van der Waals surface area (Å²) >= 11 is 0. The van der Waals surface area contributed by atoms with Gasteiger partial charge in [0.15, 0.2) is 0 Å². The van der Waals surface area contributed by atoms with Gasteiger partial charge in [-0.2, -0.15) is 0 Å². The maximum Gasteiger partial charge on any atom is 0.248 e. The molecule has 4 nitrogen and oxygen atoms in total. The highest BCUT2D eigenvalue weighted by molar-refractivity contribution is 5.93. The predicted octanol–water partition coefficient (Wildman–Crippen LogP) is 2.47. The third-order valence-corrected chi connectivity index (χ3v) is 4.92. The predicted molar refractivity (Wildman–Crippen MR) is 79.2 cm³/mol. The van der Waals surface area contributed by atoms with Gasteiger partial charge < -0.3 is 10.2 Å². The zero-order valence-corrected chi connectivity index (χ0v) is 13.1. The van der Waals surface area contributed by atoms with Crippen LogP contribution in [0.4, 0.5) is 0 Å². The quantitative estimate of drug-likeness (QED) is 0.863. The zero-order chi connectivity index (χ0) is 14.8. The molecule has 1 spiro atoms. The first-order valence-electron chi connectivity index (χ1n) is 8.12. The fraction of sp³-hybridized carbons (Fsp3) is 0.875. The number of carbonyl (C=O) groups is 2. The van der Waals surface area contributed by atoms with E-state index in [1.54, 1.807) is 0 Å². The summed E-state index contributed by atoms with van der Waals surface area (Å²) in [4.78, 5) is 27.1. The van der Waals surface area contributed by atoms with Gasteiger partial charge in [0.1, 0.15) is 5.54 Å². The van der Waals surface area contributed by atoms with Crippen molar-refractivity contribution >= 4 is 11.8 Å². The lowest BCUT2D eigenvalue weighted by atomic mass is 9.80. The number of nitrogens with one attached hydrogen (secondary N) is 1. The fourth-order valence-corrected chi connectivity index (χ4v) is 3.84. The van der Waals surface area contributed by atoms with Crippen LogP contribution >= 0.6 is 0 Å². The molecule has 4 heteroatoms. The molecule has 2 amide bonds. The maximum absolute atomic E-state index is 13.1. The Bertz CT molecular complexity index is 373. The first kappa shape index (κ1) is 15.3. The van der Waals surface area contributed by atoms with Crippen LogP contribution in [0.15, 0.2) is 0 Å². The fourth-order valence-electron chi connectivity index (χ4n) is 3.84. The lowest BCUT2D eigenvalue weighted by Gasteiger charge is -2.41. The Balaban J connectivity index is 2.29. The van der Waals surface area contributed by atoms with Gasteiger partial charge in [-0.25, -0.2) is 0 Å². The van der Waals surface area contributed by atoms with Crippen LogP contribution in [0.3, 0.4) is 0 Å². The molecule has 1 atom stereocenters. The number of hydrogen-bond acceptors (Lipinski definition) is 2. The number of rotatable bonds is 3. The molecule has 1 aliphatic heterocycles. The first-order valence-corrected chi connectivity index (χ1v) is 8.12. The summed E-state index contributed by atoms with van der Waals surface area (Å²) in [5.74, 6) is 0.641. The zero-order valence-electron chi connectivity index (χ0n) is 13.1. The molecule has 2 rings (SSSR count). The van der Waals surface area contributed by atoms with Gasteiger partial charge in [-0.1, -0.05) is 40.0 Å². The second-order valence-electron chi connectivity index (χ2n) is 6.66. The molecule has 114 valence electrons. The highest BCUT2D eigenvalue weighted by Gasteiger charge is 2.46. The van der Waals surface area contributed by atoms with Crippen molar-refractivity contribution in [1.29, 1.82) is 0 Å². The lowest BCUT2D eigenvalue weighted by Crippen LogP contribution is -2.60. The van der Waals surface area contributed by atoms with Crippen molar-refractivity contribution in [2.75, 3.05) is 6.54 Å². The lowest BCUT2D eigenvalue weighted by molar-refractivity contribution is -0.143. The van der Waals surface area contributed by atoms with E-state index in [2.05, 4.69) is 26.1 Å². The van der Waals surface area contributed by atoms with Crippen molar-refractivity contribution in [1.82, 2.24) is 10.2 Å². The van der Waals surface area contributed by atoms with Gasteiger partial charge in [-0.15, -0.1) is 0 Å². The topological polar surface area (TPSA) is 49.4 Å². The van der Waals surface area contributed by atoms with Crippen molar-refractivity contribution in [2.45, 2.75) is 77.3 Å². The Morgan fingerprint density at radius 1 is 1.20 bits per heavy atom. The van der Waals surface area contributed by atoms with Crippen molar-refractivity contribution in [3.63, 3.8) is 0 Å². The SMILES string of the molecule is CCC(C(C)C)N1CCC(=O)NC2(CCCCC2)C1=O. The molecule has 1 heterocycles. The summed E-state index contributed by atoms with van der Waals surface area (Å²) in [5, 5.41) is 3.06. The molecule has 0 bridgehead atoms. The van der Waals surface area contributed by atoms with Crippen LogP contribution in [-0.4, -0.2) is 34.8 Å². The third-order valence-electron chi connectivity index (χ3n) is 4.92. The Morgan fingerprint density at radius 3 is 2.40 bits per heavy atom. The van der Waals surface area contributed by atoms with Crippen LogP contribution in [0, 0.1) is 5.92 Å². The van der Waals surface area contributed by atoms with E-state index >= 15 is 0 Å². The van der Waals surface area contributed by atoms with E-state index in [1.807, 2.05) is 4.90 Å². The van der Waals surface area contributed by atoms with Crippen LogP contribution in [-0.2, 0) is 9.59 Å². The average Bonchev–Trinajstić information content (AvgIpc) is 2.52. The number of nitrogens with zero attached hydrogens (tertiary/aromatic N) is 1. The van der Waals surface area contributed by atoms with E-state index in [9.17, 15) is 9.59 Å². The van der Waals surface area contributed by atoms with E-state index in [4.69, 9.17) is 0 Å². The minimum Gasteiger partial charge on any atom is -0.342 e. The number of hydrogen-bond donors (Lipinski definition) is 1. The summed E-state index contributed by atoms with van der Waals surface area (Å²) in [7, 11) is 0. The van der Waals surface area contributed by atoms with Gasteiger partial charge in [-0.3, -0.25) is 9.59 Å². The monoisotopic (exact) mass is 280 g/mol. The van der Waals surface area contributed by atoms with Crippen molar-refractivity contribution < 1.29 is 9.59 Å². The average molecular weight is 280 g/mol. The minimum atomic E-state index is -0.603. The molecule has 0 aromatic carbocycles. The Hall–Kier alpha value is -1.06. The molecule has 1 saturated carbocycles. The van der Waals surface area contributed by atoms with Crippen LogP contribution in [0.1, 0.15) is 65.7 Å². The normalized spacial score (nSPS) is 24.7. The molecule has 1 aliphatic carbocycles. The highest BCUT2D eigenvalue weighted by Crippen LogP contribution is 2.33. The maximum atomic E-state index is 13.1. The highest BCUT2D eigenvalue weighted by atomic mass is 16.2. The smallest absolute Gasteiger partial charge is 0.248 e. The molecule has 1 N–H and O–H groups in total. The summed E-state index contributed by atoms with van der Waals surface area (Å²) in [6, 6.07) is 0.244. The Kier molecular flexibility index (Phi) is 4.71. The van der Waals surface area contributed by atoms with Crippen LogP contribution < -0.4 is 5.32 Å². The molecule has 2 aliphatic rings. The molecular formula is C16H28N2O2. The number of amides is 2. The van der Waals surface area contributed by atoms with Gasteiger partial charge in [0.25, 0.3) is 0 Å². The van der Waals surface area contributed by atoms with E-state index in [0.717, 1.165) is 32.1 Å². The summed E-state index contributed by atoms with van der Waals surface area (Å²) in [5.41, 5.74) is -0.603. The van der Waals surface area contributed by atoms with Crippen molar-refractivity contribution in [3.8, 4) is 0 Å². The van der Waals surface area contributed by atoms with Gasteiger partial charge in [0.2, 0.25) is 11.8 Å². The second kappa shape index (κ2) is 6.15. The van der Waals surface area contributed by atoms with Crippen molar-refractivity contribution in [3.05, 3.63) is 0 Å². The largest absolute Gasteiger partial charge is 0.342 e. The van der Waals surface area contributed by atoms with E-state index in [-0.39, 0.29) is 17.9 Å². The Labute approximate surface area is 122 Å². The molecule has 1 saturated heterocycles. The first-order chi connectivity index (χ1) is 9.50. The number of carbonyl (C=O) groups excluding carboxylic acids is 2. The summed E-state index contributed by atoms with van der Waals surface area (Å²) < 4.78 is 0. The van der Waals surface area contributed by atoms with Crippen molar-refractivity contribution in [2.24, 2.45) is 5.92 Å². The van der Waals surface area contributed by atoms with Gasteiger partial charge in [0, 0.05) is 19.0 Å². The third kappa shape index (κ3) is 2.84. The molecule has 2 fully saturated rings. The van der Waals surface area contributed by atoms with Gasteiger partial charge in [-0.05, 0) is 25.2 Å². The minimum absolute atomic E-state index is 0.0429. The van der Waals surface area contributed by atoms with Crippen LogP contribution in [0.25, 0.3) is 0 Å². The standard InChI is InChI=1S/C16H28N2O2/c1-4-13(12(2)3)18-11-8-14(19)17-16(15(18)20)9-6-5-7-10-16/h12-13H,4-11H2,1-3H3,(H,17,19). The second-order valence-corrected chi connectivity index (χ2v) is 6.66. The summed E-state index contributed by atoms with van der Waals surface area (Å²) in [6.45, 7) is 7.03. The van der Waals surface area contributed by atoms with Gasteiger partial charge >= 0.3 is 0 Å². The van der Waals surface area contributed by atoms with E-state index in [1.165, 1.54) is 6.42 Å². The van der Waals surface area contributed by atoms with E-state index < -0.39 is 5.54 Å². The van der Waals surface area contributed by atoms with Crippen LogP contribution in [0.2, 0.25) is 0 Å². The molecule has 20 heavy (non-hydrogen) atoms. The molecule has 1 unspecified atom stereocenters. The molecular weight excluding hydrogens is 252 g/mol. The van der Waals surface area contributed by atoms with Crippen LogP contribution in [0.5, 0.6) is 0 Å². The Morgan fingerprint density at radius 2 is 1.85 bits per heavy atom. The van der Waals surface area contributed by atoms with E-state index in [0.29, 0.717) is 18.9 Å².